The van der Waals surface area contributed by atoms with E-state index >= 15 is 0 Å². The number of esters is 1. The number of rotatable bonds is 7. The fraction of sp³-hybridized carbons (Fsp3) is 0.238. The summed E-state index contributed by atoms with van der Waals surface area (Å²) < 4.78 is 20.9. The van der Waals surface area contributed by atoms with E-state index in [1.165, 1.54) is 26.4 Å². The molecule has 0 spiro atoms. The average Bonchev–Trinajstić information content (AvgIpc) is 2.74. The van der Waals surface area contributed by atoms with E-state index in [9.17, 15) is 19.2 Å². The summed E-state index contributed by atoms with van der Waals surface area (Å²) in [6.07, 6.45) is 0.417. The maximum Gasteiger partial charge on any atom is 0.344 e. The highest BCUT2D eigenvalue weighted by Crippen LogP contribution is 2.47. The summed E-state index contributed by atoms with van der Waals surface area (Å²) in [5, 5.41) is 0. The largest absolute Gasteiger partial charge is 0.495 e. The third kappa shape index (κ3) is 3.22. The zero-order valence-corrected chi connectivity index (χ0v) is 16.1. The van der Waals surface area contributed by atoms with Gasteiger partial charge in [0.2, 0.25) is 0 Å². The minimum absolute atomic E-state index is 0.0846. The molecule has 3 rings (SSSR count). The Balaban J connectivity index is 2.28. The molecule has 0 unspecified atom stereocenters. The van der Waals surface area contributed by atoms with Gasteiger partial charge in [-0.15, -0.1) is 0 Å². The highest BCUT2D eigenvalue weighted by Gasteiger charge is 2.39. The number of benzene rings is 2. The Bertz CT molecular complexity index is 1020. The average molecular weight is 398 g/mol. The normalized spacial score (nSPS) is 12.0. The van der Waals surface area contributed by atoms with Gasteiger partial charge in [-0.25, -0.2) is 4.79 Å². The summed E-state index contributed by atoms with van der Waals surface area (Å²) in [7, 11) is 2.54. The van der Waals surface area contributed by atoms with E-state index in [1.54, 1.807) is 19.1 Å². The number of ether oxygens (including phenoxy) is 4. The molecule has 2 aromatic carbocycles. The Hall–Kier alpha value is -3.68. The predicted molar refractivity (Wildman–Crippen MR) is 100 cm³/mol. The second-order valence-corrected chi connectivity index (χ2v) is 5.97. The number of hydrogen-bond acceptors (Lipinski definition) is 8. The number of carbonyl (C=O) groups excluding carboxylic acids is 4. The molecule has 0 radical (unpaired) electrons. The van der Waals surface area contributed by atoms with Crippen LogP contribution in [-0.2, 0) is 9.53 Å². The van der Waals surface area contributed by atoms with Gasteiger partial charge in [0.25, 0.3) is 0 Å². The first-order chi connectivity index (χ1) is 14.0. The van der Waals surface area contributed by atoms with E-state index < -0.39 is 24.1 Å². The lowest BCUT2D eigenvalue weighted by Gasteiger charge is -2.25. The first-order valence-corrected chi connectivity index (χ1v) is 8.74. The van der Waals surface area contributed by atoms with Crippen LogP contribution in [-0.4, -0.2) is 51.3 Å². The molecular formula is C21H18O8. The molecule has 8 nitrogen and oxygen atoms in total. The van der Waals surface area contributed by atoms with Crippen molar-refractivity contribution in [1.29, 1.82) is 0 Å². The summed E-state index contributed by atoms with van der Waals surface area (Å²) >= 11 is 0. The molecular weight excluding hydrogens is 380 g/mol. The van der Waals surface area contributed by atoms with Crippen LogP contribution in [0.1, 0.15) is 49.1 Å². The maximum atomic E-state index is 13.2. The lowest BCUT2D eigenvalue weighted by Crippen LogP contribution is -2.24. The van der Waals surface area contributed by atoms with Crippen molar-refractivity contribution in [2.75, 3.05) is 27.4 Å². The van der Waals surface area contributed by atoms with Gasteiger partial charge >= 0.3 is 5.97 Å². The molecule has 0 N–H and O–H groups in total. The molecule has 8 heteroatoms. The molecule has 1 aliphatic carbocycles. The zero-order chi connectivity index (χ0) is 21.1. The smallest absolute Gasteiger partial charge is 0.344 e. The first kappa shape index (κ1) is 20.1. The van der Waals surface area contributed by atoms with Crippen LogP contribution >= 0.6 is 0 Å². The van der Waals surface area contributed by atoms with Gasteiger partial charge in [0.05, 0.1) is 32.0 Å². The number of fused-ring (bicyclic) bond motifs is 2. The van der Waals surface area contributed by atoms with Gasteiger partial charge < -0.3 is 18.9 Å². The van der Waals surface area contributed by atoms with Gasteiger partial charge in [0, 0.05) is 11.1 Å². The molecule has 1 aliphatic rings. The molecule has 0 saturated carbocycles. The third-order valence-electron chi connectivity index (χ3n) is 4.44. The molecule has 0 aromatic heterocycles. The van der Waals surface area contributed by atoms with Gasteiger partial charge in [0.1, 0.15) is 11.3 Å². The molecule has 150 valence electrons. The van der Waals surface area contributed by atoms with Crippen LogP contribution in [0.15, 0.2) is 24.3 Å². The summed E-state index contributed by atoms with van der Waals surface area (Å²) in [5.74, 6) is -2.06. The topological polar surface area (TPSA) is 105 Å². The van der Waals surface area contributed by atoms with Gasteiger partial charge in [-0.3, -0.25) is 14.4 Å². The van der Waals surface area contributed by atoms with Gasteiger partial charge in [-0.2, -0.15) is 0 Å². The van der Waals surface area contributed by atoms with E-state index in [0.29, 0.717) is 6.29 Å². The highest BCUT2D eigenvalue weighted by atomic mass is 16.6. The van der Waals surface area contributed by atoms with E-state index in [4.69, 9.17) is 18.9 Å². The van der Waals surface area contributed by atoms with Crippen molar-refractivity contribution in [3.8, 4) is 17.2 Å². The van der Waals surface area contributed by atoms with Gasteiger partial charge in [0.15, 0.2) is 36.0 Å². The van der Waals surface area contributed by atoms with Crippen molar-refractivity contribution in [1.82, 2.24) is 0 Å². The third-order valence-corrected chi connectivity index (χ3v) is 4.44. The number of hydrogen-bond donors (Lipinski definition) is 0. The van der Waals surface area contributed by atoms with E-state index in [2.05, 4.69) is 0 Å². The molecule has 0 amide bonds. The lowest BCUT2D eigenvalue weighted by molar-refractivity contribution is -0.145. The van der Waals surface area contributed by atoms with Crippen LogP contribution in [0.2, 0.25) is 0 Å². The van der Waals surface area contributed by atoms with Gasteiger partial charge in [-0.1, -0.05) is 24.3 Å². The minimum atomic E-state index is -0.671. The van der Waals surface area contributed by atoms with Crippen LogP contribution < -0.4 is 14.2 Å². The molecule has 0 aliphatic heterocycles. The number of methoxy groups -OCH3 is 2. The van der Waals surface area contributed by atoms with E-state index in [1.807, 2.05) is 0 Å². The second-order valence-electron chi connectivity index (χ2n) is 5.97. The van der Waals surface area contributed by atoms with Crippen molar-refractivity contribution in [2.45, 2.75) is 6.92 Å². The molecule has 0 saturated heterocycles. The summed E-state index contributed by atoms with van der Waals surface area (Å²) in [4.78, 5) is 49.8. The monoisotopic (exact) mass is 398 g/mol. The minimum Gasteiger partial charge on any atom is -0.495 e. The lowest BCUT2D eigenvalue weighted by atomic mass is 9.81. The Morgan fingerprint density at radius 1 is 0.931 bits per heavy atom. The van der Waals surface area contributed by atoms with Crippen molar-refractivity contribution in [2.24, 2.45) is 0 Å². The van der Waals surface area contributed by atoms with Crippen LogP contribution in [0, 0.1) is 0 Å². The van der Waals surface area contributed by atoms with Crippen LogP contribution in [0.25, 0.3) is 0 Å². The molecule has 0 heterocycles. The van der Waals surface area contributed by atoms with Crippen molar-refractivity contribution < 1.29 is 38.1 Å². The number of aldehydes is 1. The fourth-order valence-electron chi connectivity index (χ4n) is 3.27. The summed E-state index contributed by atoms with van der Waals surface area (Å²) in [6.45, 7) is 1.27. The predicted octanol–water partition coefficient (Wildman–Crippen LogP) is 2.23. The number of carbonyl (C=O) groups is 4. The fourth-order valence-corrected chi connectivity index (χ4v) is 3.27. The zero-order valence-electron chi connectivity index (χ0n) is 16.1. The Morgan fingerprint density at radius 2 is 1.48 bits per heavy atom. The Kier molecular flexibility index (Phi) is 5.63. The first-order valence-electron chi connectivity index (χ1n) is 8.74. The highest BCUT2D eigenvalue weighted by molar-refractivity contribution is 6.31. The number of ketones is 2. The van der Waals surface area contributed by atoms with Crippen LogP contribution in [0.5, 0.6) is 17.2 Å². The second kappa shape index (κ2) is 8.14. The van der Waals surface area contributed by atoms with Gasteiger partial charge in [-0.05, 0) is 6.92 Å². The molecule has 2 aromatic rings. The maximum absolute atomic E-state index is 13.2. The van der Waals surface area contributed by atoms with E-state index in [0.717, 1.165) is 0 Å². The van der Waals surface area contributed by atoms with Crippen molar-refractivity contribution >= 4 is 23.8 Å². The van der Waals surface area contributed by atoms with Crippen LogP contribution in [0.3, 0.4) is 0 Å². The van der Waals surface area contributed by atoms with E-state index in [-0.39, 0.29) is 51.7 Å². The standard InChI is InChI=1S/C21H18O8/c1-4-28-14(23)10-29-20-13(9-22)19(26-2)15-16(21(20)27-3)18(25)12-8-6-5-7-11(12)17(15)24/h5-9H,4,10H2,1-3H3. The SMILES string of the molecule is CCOC(=O)COc1c(C=O)c(OC)c2c(c1OC)C(=O)c1ccccc1C2=O. The Morgan fingerprint density at radius 3 is 1.97 bits per heavy atom. The quantitative estimate of drug-likeness (QED) is 0.441. The van der Waals surface area contributed by atoms with Crippen molar-refractivity contribution in [3.63, 3.8) is 0 Å². The summed E-state index contributed by atoms with van der Waals surface area (Å²) in [5.41, 5.74) is 0.0759. The molecule has 29 heavy (non-hydrogen) atoms. The molecule has 0 bridgehead atoms. The molecule has 0 fully saturated rings. The molecule has 0 atom stereocenters. The van der Waals surface area contributed by atoms with Crippen molar-refractivity contribution in [3.05, 3.63) is 52.1 Å². The van der Waals surface area contributed by atoms with Crippen LogP contribution in [0.4, 0.5) is 0 Å². The summed E-state index contributed by atoms with van der Waals surface area (Å²) in [6, 6.07) is 6.32. The Labute approximate surface area is 166 Å².